The van der Waals surface area contributed by atoms with Gasteiger partial charge in [-0.1, -0.05) is 6.42 Å². The maximum Gasteiger partial charge on any atom is 0.189 e. The lowest BCUT2D eigenvalue weighted by atomic mass is 9.49. The molecule has 12 nitrogen and oxygen atoms in total. The van der Waals surface area contributed by atoms with Gasteiger partial charge in [-0.25, -0.2) is 0 Å². The first kappa shape index (κ1) is 31.9. The number of ether oxygens (including phenoxy) is 3. The lowest BCUT2D eigenvalue weighted by molar-refractivity contribution is -0.279. The molecule has 4 saturated carbocycles. The Labute approximate surface area is 238 Å². The number of fused-ring (bicyclic) bond motifs is 3. The molecule has 1 aliphatic heterocycles. The summed E-state index contributed by atoms with van der Waals surface area (Å²) in [6, 6.07) is -0.672. The van der Waals surface area contributed by atoms with Crippen LogP contribution in [0.1, 0.15) is 45.4 Å². The van der Waals surface area contributed by atoms with E-state index >= 15 is 0 Å². The Bertz CT molecular complexity index is 972. The molecule has 5 rings (SSSR count). The highest BCUT2D eigenvalue weighted by atomic mass is 35.5. The van der Waals surface area contributed by atoms with Crippen molar-refractivity contribution in [3.05, 3.63) is 0 Å². The molecule has 5 fully saturated rings. The fourth-order valence-electron chi connectivity index (χ4n) is 8.27. The molecule has 7 N–H and O–H groups in total. The molecule has 40 heavy (non-hydrogen) atoms. The molecule has 15 unspecified atom stereocenters. The summed E-state index contributed by atoms with van der Waals surface area (Å²) in [4.78, 5) is 40.3. The van der Waals surface area contributed by atoms with Crippen LogP contribution in [-0.2, 0) is 28.6 Å². The summed E-state index contributed by atoms with van der Waals surface area (Å²) in [6.45, 7) is 0.678. The van der Waals surface area contributed by atoms with Crippen molar-refractivity contribution in [3.63, 3.8) is 0 Å². The predicted octanol–water partition coefficient (Wildman–Crippen LogP) is -1.51. The Morgan fingerprint density at radius 2 is 1.70 bits per heavy atom. The van der Waals surface area contributed by atoms with Crippen LogP contribution in [0.15, 0.2) is 0 Å². The van der Waals surface area contributed by atoms with Crippen LogP contribution >= 0.6 is 12.4 Å². The Hall–Kier alpha value is -1.06. The van der Waals surface area contributed by atoms with Crippen molar-refractivity contribution in [2.45, 2.75) is 100 Å². The molecule has 1 heterocycles. The predicted molar refractivity (Wildman–Crippen MR) is 139 cm³/mol. The van der Waals surface area contributed by atoms with Crippen LogP contribution in [0.4, 0.5) is 0 Å². The van der Waals surface area contributed by atoms with E-state index in [1.54, 1.807) is 6.92 Å². The standard InChI is InChI=1S/C27H41NO11.ClH/c1-10-22(31)13(28)6-17(38-10)39-15-8-27(36,16(30)9-29)7-12-19(15)26(35)21-20(24(12)33)23(32)11-4-3-5-14(37-2)18(11)25(21)34;/h10-15,17-22,24,26,29,31,33,35-36H,3-9,28H2,1-2H3;1H. The fraction of sp³-hybridized carbons (Fsp3) is 0.889. The summed E-state index contributed by atoms with van der Waals surface area (Å²) >= 11 is 0. The van der Waals surface area contributed by atoms with E-state index in [2.05, 4.69) is 0 Å². The molecule has 228 valence electrons. The first-order valence-electron chi connectivity index (χ1n) is 14.0. The molecule has 5 aliphatic rings. The summed E-state index contributed by atoms with van der Waals surface area (Å²) < 4.78 is 17.5. The van der Waals surface area contributed by atoms with Crippen LogP contribution < -0.4 is 5.73 Å². The fourth-order valence-corrected chi connectivity index (χ4v) is 8.27. The van der Waals surface area contributed by atoms with E-state index in [4.69, 9.17) is 19.9 Å². The van der Waals surface area contributed by atoms with Crippen molar-refractivity contribution in [2.24, 2.45) is 41.2 Å². The number of Topliss-reactive ketones (excluding diaryl/α,β-unsaturated/α-hetero) is 3. The maximum atomic E-state index is 13.9. The molecule has 13 heteroatoms. The van der Waals surface area contributed by atoms with E-state index in [0.717, 1.165) is 0 Å². The first-order chi connectivity index (χ1) is 18.4. The normalized spacial score (nSPS) is 50.7. The zero-order valence-corrected chi connectivity index (χ0v) is 23.5. The second kappa shape index (κ2) is 11.9. The van der Waals surface area contributed by atoms with Crippen LogP contribution in [0.5, 0.6) is 0 Å². The van der Waals surface area contributed by atoms with Crippen molar-refractivity contribution < 1.29 is 54.1 Å². The molecule has 0 aromatic rings. The van der Waals surface area contributed by atoms with E-state index in [0.29, 0.717) is 19.3 Å². The van der Waals surface area contributed by atoms with Gasteiger partial charge in [0.15, 0.2) is 12.1 Å². The molecule has 4 aliphatic carbocycles. The monoisotopic (exact) mass is 591 g/mol. The van der Waals surface area contributed by atoms with Gasteiger partial charge < -0.3 is 45.5 Å². The molecule has 0 radical (unpaired) electrons. The molecule has 15 atom stereocenters. The number of hydrogen-bond acceptors (Lipinski definition) is 12. The molecular weight excluding hydrogens is 550 g/mol. The second-order valence-corrected chi connectivity index (χ2v) is 12.3. The van der Waals surface area contributed by atoms with E-state index in [-0.39, 0.29) is 43.2 Å². The number of nitrogens with two attached hydrogens (primary N) is 1. The Morgan fingerprint density at radius 3 is 2.33 bits per heavy atom. The highest BCUT2D eigenvalue weighted by Crippen LogP contribution is 2.55. The Balaban J connectivity index is 0.00000370. The van der Waals surface area contributed by atoms with Crippen LogP contribution in [0.2, 0.25) is 0 Å². The summed E-state index contributed by atoms with van der Waals surface area (Å²) in [5, 5.41) is 54.4. The van der Waals surface area contributed by atoms with Crippen molar-refractivity contribution in [2.75, 3.05) is 13.7 Å². The Kier molecular flexibility index (Phi) is 9.49. The van der Waals surface area contributed by atoms with Gasteiger partial charge in [0.05, 0.1) is 54.4 Å². The maximum absolute atomic E-state index is 13.9. The molecule has 0 spiro atoms. The van der Waals surface area contributed by atoms with Gasteiger partial charge in [0.2, 0.25) is 0 Å². The number of aliphatic hydroxyl groups is 5. The Morgan fingerprint density at radius 1 is 1.02 bits per heavy atom. The van der Waals surface area contributed by atoms with Gasteiger partial charge in [0.25, 0.3) is 0 Å². The molecule has 0 aromatic carbocycles. The highest BCUT2D eigenvalue weighted by molar-refractivity contribution is 6.01. The minimum absolute atomic E-state index is 0. The molecule has 0 bridgehead atoms. The van der Waals surface area contributed by atoms with Gasteiger partial charge in [-0.3, -0.25) is 14.4 Å². The van der Waals surface area contributed by atoms with Crippen LogP contribution in [0, 0.1) is 35.5 Å². The minimum atomic E-state index is -2.09. The van der Waals surface area contributed by atoms with Gasteiger partial charge in [0, 0.05) is 37.8 Å². The number of hydrogen-bond donors (Lipinski definition) is 6. The third kappa shape index (κ3) is 5.08. The van der Waals surface area contributed by atoms with Crippen molar-refractivity contribution in [3.8, 4) is 0 Å². The lowest BCUT2D eigenvalue weighted by Crippen LogP contribution is -2.69. The zero-order chi connectivity index (χ0) is 28.4. The van der Waals surface area contributed by atoms with E-state index in [9.17, 15) is 39.9 Å². The summed E-state index contributed by atoms with van der Waals surface area (Å²) in [5.74, 6) is -7.11. The molecule has 0 amide bonds. The summed E-state index contributed by atoms with van der Waals surface area (Å²) in [7, 11) is 1.50. The number of carbonyl (C=O) groups is 3. The number of carbonyl (C=O) groups excluding carboxylic acids is 3. The van der Waals surface area contributed by atoms with Crippen molar-refractivity contribution in [1.82, 2.24) is 0 Å². The van der Waals surface area contributed by atoms with Gasteiger partial charge in [-0.15, -0.1) is 12.4 Å². The van der Waals surface area contributed by atoms with Crippen LogP contribution in [0.25, 0.3) is 0 Å². The van der Waals surface area contributed by atoms with Crippen LogP contribution in [-0.4, -0.2) is 111 Å². The van der Waals surface area contributed by atoms with Crippen molar-refractivity contribution in [1.29, 1.82) is 0 Å². The molecule has 0 aromatic heterocycles. The van der Waals surface area contributed by atoms with Gasteiger partial charge in [0.1, 0.15) is 23.8 Å². The number of aliphatic hydroxyl groups excluding tert-OH is 4. The third-order valence-electron chi connectivity index (χ3n) is 10.2. The van der Waals surface area contributed by atoms with Crippen LogP contribution in [0.3, 0.4) is 0 Å². The van der Waals surface area contributed by atoms with E-state index in [1.807, 2.05) is 0 Å². The first-order valence-corrected chi connectivity index (χ1v) is 14.0. The minimum Gasteiger partial charge on any atom is -0.392 e. The largest absolute Gasteiger partial charge is 0.392 e. The van der Waals surface area contributed by atoms with Crippen molar-refractivity contribution >= 4 is 29.8 Å². The summed E-state index contributed by atoms with van der Waals surface area (Å²) in [6.07, 6.45) is -5.68. The average Bonchev–Trinajstić information content (AvgIpc) is 2.90. The van der Waals surface area contributed by atoms with Gasteiger partial charge >= 0.3 is 0 Å². The average molecular weight is 592 g/mol. The summed E-state index contributed by atoms with van der Waals surface area (Å²) in [5.41, 5.74) is 3.96. The van der Waals surface area contributed by atoms with E-state index < -0.39 is 102 Å². The zero-order valence-electron chi connectivity index (χ0n) is 22.7. The van der Waals surface area contributed by atoms with Gasteiger partial charge in [-0.05, 0) is 32.1 Å². The number of rotatable bonds is 5. The SMILES string of the molecule is COC1CCCC2C(=O)C3C(O)C4CC(O)(C(=O)CO)CC(OC5CC(N)C(O)C(C)O5)C4C(O)C3C(=O)C12.Cl. The molecule has 1 saturated heterocycles. The second-order valence-electron chi connectivity index (χ2n) is 12.3. The number of ketones is 3. The third-order valence-corrected chi connectivity index (χ3v) is 10.2. The van der Waals surface area contributed by atoms with E-state index in [1.165, 1.54) is 7.11 Å². The lowest BCUT2D eigenvalue weighted by Gasteiger charge is -2.58. The quantitative estimate of drug-likeness (QED) is 0.216. The smallest absolute Gasteiger partial charge is 0.189 e. The van der Waals surface area contributed by atoms with Gasteiger partial charge in [-0.2, -0.15) is 0 Å². The topological polar surface area (TPSA) is 206 Å². The number of methoxy groups -OCH3 is 1. The number of halogens is 1. The highest BCUT2D eigenvalue weighted by Gasteiger charge is 2.66. The molecular formula is C27H42ClNO11.